The standard InChI is InChI=1S/C23H25FN2O6S2/c1-30-21-10-9-20(14-22(21)31-2)34(28,29)26(18-7-5-17(24)6-8-18)15-23(27)25-11-13-33-16-19-4-3-12-32-19/h3-10,12,14H,11,13,15-16H2,1-2H3,(H,25,27). The quantitative estimate of drug-likeness (QED) is 0.373. The van der Waals surface area contributed by atoms with Gasteiger partial charge in [0.05, 0.1) is 36.8 Å². The van der Waals surface area contributed by atoms with Crippen LogP contribution in [0.1, 0.15) is 5.76 Å². The van der Waals surface area contributed by atoms with Crippen LogP contribution in [-0.2, 0) is 20.6 Å². The van der Waals surface area contributed by atoms with Gasteiger partial charge >= 0.3 is 0 Å². The number of carbonyl (C=O) groups excluding carboxylic acids is 1. The van der Waals surface area contributed by atoms with Gasteiger partial charge in [-0.1, -0.05) is 0 Å². The lowest BCUT2D eigenvalue weighted by atomic mass is 10.3. The average Bonchev–Trinajstić information content (AvgIpc) is 3.36. The molecule has 1 aromatic heterocycles. The average molecular weight is 509 g/mol. The van der Waals surface area contributed by atoms with Gasteiger partial charge in [0.1, 0.15) is 18.1 Å². The highest BCUT2D eigenvalue weighted by Crippen LogP contribution is 2.32. The summed E-state index contributed by atoms with van der Waals surface area (Å²) >= 11 is 1.57. The number of rotatable bonds is 12. The minimum atomic E-state index is -4.19. The van der Waals surface area contributed by atoms with E-state index in [9.17, 15) is 17.6 Å². The first-order valence-electron chi connectivity index (χ1n) is 10.2. The molecule has 0 aliphatic carbocycles. The summed E-state index contributed by atoms with van der Waals surface area (Å²) in [5.41, 5.74) is 0.151. The highest BCUT2D eigenvalue weighted by molar-refractivity contribution is 7.98. The van der Waals surface area contributed by atoms with Crippen LogP contribution in [0.15, 0.2) is 70.2 Å². The third-order valence-electron chi connectivity index (χ3n) is 4.74. The highest BCUT2D eigenvalue weighted by atomic mass is 32.2. The van der Waals surface area contributed by atoms with Crippen LogP contribution in [0.5, 0.6) is 11.5 Å². The van der Waals surface area contributed by atoms with Crippen LogP contribution in [-0.4, -0.2) is 47.4 Å². The zero-order chi connectivity index (χ0) is 24.6. The van der Waals surface area contributed by atoms with Crippen LogP contribution in [0.25, 0.3) is 0 Å². The Morgan fingerprint density at radius 1 is 1.09 bits per heavy atom. The molecule has 34 heavy (non-hydrogen) atoms. The summed E-state index contributed by atoms with van der Waals surface area (Å²) < 4.78 is 57.0. The SMILES string of the molecule is COc1ccc(S(=O)(=O)N(CC(=O)NCCSCc2ccco2)c2ccc(F)cc2)cc1OC. The first-order valence-corrected chi connectivity index (χ1v) is 12.8. The molecule has 8 nitrogen and oxygen atoms in total. The van der Waals surface area contributed by atoms with Crippen molar-refractivity contribution in [2.75, 3.05) is 37.4 Å². The highest BCUT2D eigenvalue weighted by Gasteiger charge is 2.28. The molecule has 0 radical (unpaired) electrons. The van der Waals surface area contributed by atoms with Crippen molar-refractivity contribution in [2.24, 2.45) is 0 Å². The summed E-state index contributed by atoms with van der Waals surface area (Å²) in [5.74, 6) is 1.68. The Bertz CT molecular complexity index is 1180. The molecule has 2 aromatic carbocycles. The fourth-order valence-corrected chi connectivity index (χ4v) is 5.24. The van der Waals surface area contributed by atoms with Gasteiger partial charge in [0.15, 0.2) is 11.5 Å². The van der Waals surface area contributed by atoms with Gasteiger partial charge in [-0.25, -0.2) is 12.8 Å². The van der Waals surface area contributed by atoms with E-state index in [4.69, 9.17) is 13.9 Å². The van der Waals surface area contributed by atoms with Crippen molar-refractivity contribution in [1.82, 2.24) is 5.32 Å². The lowest BCUT2D eigenvalue weighted by Gasteiger charge is -2.24. The molecule has 0 aliphatic heterocycles. The molecule has 1 N–H and O–H groups in total. The molecule has 182 valence electrons. The number of sulfonamides is 1. The van der Waals surface area contributed by atoms with E-state index >= 15 is 0 Å². The second-order valence-corrected chi connectivity index (χ2v) is 9.95. The Kier molecular flexibility index (Phi) is 8.83. The molecule has 11 heteroatoms. The number of methoxy groups -OCH3 is 2. The lowest BCUT2D eigenvalue weighted by Crippen LogP contribution is -2.41. The van der Waals surface area contributed by atoms with E-state index in [-0.39, 0.29) is 16.3 Å². The number of carbonyl (C=O) groups is 1. The van der Waals surface area contributed by atoms with Gasteiger partial charge in [0.2, 0.25) is 5.91 Å². The van der Waals surface area contributed by atoms with Gasteiger partial charge < -0.3 is 19.2 Å². The smallest absolute Gasteiger partial charge is 0.264 e. The minimum Gasteiger partial charge on any atom is -0.493 e. The largest absolute Gasteiger partial charge is 0.493 e. The number of hydrogen-bond donors (Lipinski definition) is 1. The minimum absolute atomic E-state index is 0.101. The van der Waals surface area contributed by atoms with E-state index in [1.54, 1.807) is 24.1 Å². The number of furan rings is 1. The molecule has 0 unspecified atom stereocenters. The summed E-state index contributed by atoms with van der Waals surface area (Å²) in [6, 6.07) is 12.7. The van der Waals surface area contributed by atoms with Gasteiger partial charge in [-0.2, -0.15) is 11.8 Å². The number of ether oxygens (including phenoxy) is 2. The Morgan fingerprint density at radius 3 is 2.47 bits per heavy atom. The Labute approximate surface area is 202 Å². The molecule has 0 fully saturated rings. The Hall–Kier alpha value is -3.18. The fourth-order valence-electron chi connectivity index (χ4n) is 3.04. The second-order valence-electron chi connectivity index (χ2n) is 6.99. The van der Waals surface area contributed by atoms with Crippen molar-refractivity contribution in [3.63, 3.8) is 0 Å². The summed E-state index contributed by atoms with van der Waals surface area (Å²) in [6.45, 7) is -0.136. The van der Waals surface area contributed by atoms with Crippen molar-refractivity contribution >= 4 is 33.4 Å². The number of hydrogen-bond acceptors (Lipinski definition) is 7. The molecule has 0 aliphatic rings. The number of nitrogens with one attached hydrogen (secondary N) is 1. The van der Waals surface area contributed by atoms with Crippen molar-refractivity contribution in [1.29, 1.82) is 0 Å². The van der Waals surface area contributed by atoms with E-state index in [0.29, 0.717) is 23.8 Å². The van der Waals surface area contributed by atoms with Gasteiger partial charge in [-0.05, 0) is 48.5 Å². The van der Waals surface area contributed by atoms with E-state index < -0.39 is 28.3 Å². The van der Waals surface area contributed by atoms with Crippen LogP contribution < -0.4 is 19.1 Å². The van der Waals surface area contributed by atoms with Gasteiger partial charge in [-0.15, -0.1) is 0 Å². The number of nitrogens with zero attached hydrogens (tertiary/aromatic N) is 1. The van der Waals surface area contributed by atoms with Crippen molar-refractivity contribution in [3.8, 4) is 11.5 Å². The van der Waals surface area contributed by atoms with Crippen LogP contribution in [0.3, 0.4) is 0 Å². The lowest BCUT2D eigenvalue weighted by molar-refractivity contribution is -0.119. The molecular formula is C23H25FN2O6S2. The molecule has 3 aromatic rings. The maximum absolute atomic E-state index is 13.5. The number of anilines is 1. The number of halogens is 1. The first kappa shape index (κ1) is 25.4. The van der Waals surface area contributed by atoms with Crippen LogP contribution in [0.2, 0.25) is 0 Å². The van der Waals surface area contributed by atoms with E-state index in [1.165, 1.54) is 44.6 Å². The van der Waals surface area contributed by atoms with Crippen LogP contribution in [0, 0.1) is 5.82 Å². The van der Waals surface area contributed by atoms with E-state index in [0.717, 1.165) is 22.2 Å². The summed E-state index contributed by atoms with van der Waals surface area (Å²) in [6.07, 6.45) is 1.60. The second kappa shape index (κ2) is 11.8. The molecule has 1 heterocycles. The molecule has 1 amide bonds. The predicted molar refractivity (Wildman–Crippen MR) is 128 cm³/mol. The maximum atomic E-state index is 13.5. The number of benzene rings is 2. The Balaban J connectivity index is 1.74. The van der Waals surface area contributed by atoms with E-state index in [1.807, 2.05) is 6.07 Å². The van der Waals surface area contributed by atoms with Crippen molar-refractivity contribution < 1.29 is 31.5 Å². The normalized spacial score (nSPS) is 11.1. The van der Waals surface area contributed by atoms with Crippen LogP contribution >= 0.6 is 11.8 Å². The molecular weight excluding hydrogens is 483 g/mol. The van der Waals surface area contributed by atoms with E-state index in [2.05, 4.69) is 5.32 Å². The van der Waals surface area contributed by atoms with Gasteiger partial charge in [-0.3, -0.25) is 9.10 Å². The molecule has 3 rings (SSSR count). The summed E-state index contributed by atoms with van der Waals surface area (Å²) in [7, 11) is -1.36. The predicted octanol–water partition coefficient (Wildman–Crippen LogP) is 3.68. The van der Waals surface area contributed by atoms with Gasteiger partial charge in [0.25, 0.3) is 10.0 Å². The molecule has 0 saturated carbocycles. The molecule has 0 spiro atoms. The fraction of sp³-hybridized carbons (Fsp3) is 0.261. The Morgan fingerprint density at radius 2 is 1.82 bits per heavy atom. The van der Waals surface area contributed by atoms with Crippen molar-refractivity contribution in [2.45, 2.75) is 10.6 Å². The summed E-state index contributed by atoms with van der Waals surface area (Å²) in [4.78, 5) is 12.5. The molecule has 0 atom stereocenters. The third-order valence-corrected chi connectivity index (χ3v) is 7.49. The molecule has 0 saturated heterocycles. The zero-order valence-electron chi connectivity index (χ0n) is 18.7. The molecule has 0 bridgehead atoms. The summed E-state index contributed by atoms with van der Waals surface area (Å²) in [5, 5.41) is 2.72. The zero-order valence-corrected chi connectivity index (χ0v) is 20.3. The topological polar surface area (TPSA) is 98.1 Å². The maximum Gasteiger partial charge on any atom is 0.264 e. The van der Waals surface area contributed by atoms with Crippen molar-refractivity contribution in [3.05, 3.63) is 72.4 Å². The number of thioether (sulfide) groups is 1. The first-order chi connectivity index (χ1) is 16.3. The third kappa shape index (κ3) is 6.45. The van der Waals surface area contributed by atoms with Gasteiger partial charge in [0, 0.05) is 18.4 Å². The number of amides is 1. The monoisotopic (exact) mass is 508 g/mol. The van der Waals surface area contributed by atoms with Crippen LogP contribution in [0.4, 0.5) is 10.1 Å².